The van der Waals surface area contributed by atoms with Gasteiger partial charge in [0.15, 0.2) is 0 Å². The first-order valence-electron chi connectivity index (χ1n) is 5.45. The molecule has 19 heavy (non-hydrogen) atoms. The van der Waals surface area contributed by atoms with Crippen molar-refractivity contribution in [2.45, 2.75) is 0 Å². The molecule has 0 bridgehead atoms. The summed E-state index contributed by atoms with van der Waals surface area (Å²) in [7, 11) is 0. The van der Waals surface area contributed by atoms with Gasteiger partial charge in [-0.15, -0.1) is 0 Å². The molecule has 5 heteroatoms. The fraction of sp³-hybridized carbons (Fsp3) is 0. The van der Waals surface area contributed by atoms with E-state index in [2.05, 4.69) is 21.1 Å². The van der Waals surface area contributed by atoms with Crippen LogP contribution in [-0.2, 0) is 0 Å². The molecule has 0 saturated carbocycles. The second kappa shape index (κ2) is 6.15. The van der Waals surface area contributed by atoms with Crippen molar-refractivity contribution in [1.29, 1.82) is 0 Å². The molecule has 0 saturated heterocycles. The zero-order valence-electron chi connectivity index (χ0n) is 9.79. The van der Waals surface area contributed by atoms with Gasteiger partial charge in [-0.2, -0.15) is 0 Å². The Hall–Kier alpha value is -2.14. The molecule has 0 spiro atoms. The summed E-state index contributed by atoms with van der Waals surface area (Å²) in [5, 5.41) is 11.3. The Bertz CT molecular complexity index is 608. The van der Waals surface area contributed by atoms with Crippen LogP contribution in [0, 0.1) is 0 Å². The summed E-state index contributed by atoms with van der Waals surface area (Å²) in [5.74, 6) is -0.00751. The van der Waals surface area contributed by atoms with E-state index in [-0.39, 0.29) is 0 Å². The van der Waals surface area contributed by atoms with Crippen LogP contribution in [0.2, 0.25) is 0 Å². The highest BCUT2D eigenvalue weighted by Crippen LogP contribution is 2.19. The van der Waals surface area contributed by atoms with Crippen LogP contribution in [0.1, 0.15) is 15.9 Å². The van der Waals surface area contributed by atoms with Crippen molar-refractivity contribution >= 4 is 28.1 Å². The van der Waals surface area contributed by atoms with Gasteiger partial charge in [-0.1, -0.05) is 17.3 Å². The van der Waals surface area contributed by atoms with Gasteiger partial charge in [-0.05, 0) is 57.9 Å². The minimum absolute atomic E-state index is 0.427. The molecule has 0 radical (unpaired) electrons. The van der Waals surface area contributed by atoms with E-state index >= 15 is 0 Å². The number of carbonyl (C=O) groups excluding carboxylic acids is 1. The largest absolute Gasteiger partial charge is 0.423 e. The average Bonchev–Trinajstić information content (AvgIpc) is 2.42. The molecule has 0 atom stereocenters. The molecule has 0 amide bonds. The van der Waals surface area contributed by atoms with Crippen LogP contribution < -0.4 is 4.74 Å². The van der Waals surface area contributed by atoms with Crippen molar-refractivity contribution in [2.75, 3.05) is 0 Å². The lowest BCUT2D eigenvalue weighted by molar-refractivity contribution is 0.0734. The van der Waals surface area contributed by atoms with Crippen LogP contribution in [0.15, 0.2) is 58.2 Å². The van der Waals surface area contributed by atoms with Gasteiger partial charge in [0.2, 0.25) is 0 Å². The van der Waals surface area contributed by atoms with E-state index in [0.717, 1.165) is 0 Å². The number of oxime groups is 1. The lowest BCUT2D eigenvalue weighted by Gasteiger charge is -2.05. The standard InChI is InChI=1S/C14H10BrNO3/c15-13-4-2-1-3-12(13)14(17)19-11-7-5-10(6-8-11)9-16-18/h1-9,18H/b16-9+. The average molecular weight is 320 g/mol. The first-order valence-corrected chi connectivity index (χ1v) is 6.24. The Kier molecular flexibility index (Phi) is 4.30. The number of halogens is 1. The maximum absolute atomic E-state index is 11.9. The van der Waals surface area contributed by atoms with Crippen molar-refractivity contribution in [3.63, 3.8) is 0 Å². The second-order valence-corrected chi connectivity index (χ2v) is 4.54. The molecule has 2 aromatic rings. The number of rotatable bonds is 3. The molecule has 0 aromatic heterocycles. The van der Waals surface area contributed by atoms with Gasteiger partial charge in [-0.3, -0.25) is 0 Å². The number of nitrogens with zero attached hydrogens (tertiary/aromatic N) is 1. The fourth-order valence-corrected chi connectivity index (χ4v) is 1.92. The van der Waals surface area contributed by atoms with Crippen LogP contribution in [0.3, 0.4) is 0 Å². The Morgan fingerprint density at radius 2 is 1.84 bits per heavy atom. The predicted octanol–water partition coefficient (Wildman–Crippen LogP) is 3.48. The SMILES string of the molecule is O=C(Oc1ccc(/C=N/O)cc1)c1ccccc1Br. The quantitative estimate of drug-likeness (QED) is 0.310. The topological polar surface area (TPSA) is 58.9 Å². The monoisotopic (exact) mass is 319 g/mol. The Morgan fingerprint density at radius 3 is 2.47 bits per heavy atom. The van der Waals surface area contributed by atoms with E-state index in [4.69, 9.17) is 9.94 Å². The minimum Gasteiger partial charge on any atom is -0.423 e. The van der Waals surface area contributed by atoms with Crippen molar-refractivity contribution in [3.05, 3.63) is 64.1 Å². The van der Waals surface area contributed by atoms with E-state index in [9.17, 15) is 4.79 Å². The third kappa shape index (κ3) is 3.42. The molecule has 96 valence electrons. The third-order valence-corrected chi connectivity index (χ3v) is 3.08. The van der Waals surface area contributed by atoms with Crippen molar-refractivity contribution in [2.24, 2.45) is 5.16 Å². The summed E-state index contributed by atoms with van der Waals surface area (Å²) >= 11 is 3.30. The summed E-state index contributed by atoms with van der Waals surface area (Å²) in [6.07, 6.45) is 1.29. The van der Waals surface area contributed by atoms with Crippen molar-refractivity contribution in [1.82, 2.24) is 0 Å². The summed E-state index contributed by atoms with van der Waals surface area (Å²) in [4.78, 5) is 11.9. The minimum atomic E-state index is -0.434. The zero-order chi connectivity index (χ0) is 13.7. The van der Waals surface area contributed by atoms with E-state index < -0.39 is 5.97 Å². The van der Waals surface area contributed by atoms with Gasteiger partial charge in [0.1, 0.15) is 5.75 Å². The number of hydrogen-bond acceptors (Lipinski definition) is 4. The highest BCUT2D eigenvalue weighted by atomic mass is 79.9. The van der Waals surface area contributed by atoms with Gasteiger partial charge in [-0.25, -0.2) is 4.79 Å². The highest BCUT2D eigenvalue weighted by Gasteiger charge is 2.11. The first-order chi connectivity index (χ1) is 9.20. The lowest BCUT2D eigenvalue weighted by atomic mass is 10.2. The van der Waals surface area contributed by atoms with Crippen LogP contribution in [0.5, 0.6) is 5.75 Å². The molecule has 2 rings (SSSR count). The fourth-order valence-electron chi connectivity index (χ4n) is 1.48. The van der Waals surface area contributed by atoms with Crippen LogP contribution >= 0.6 is 15.9 Å². The molecular weight excluding hydrogens is 310 g/mol. The second-order valence-electron chi connectivity index (χ2n) is 3.68. The molecule has 0 aliphatic rings. The van der Waals surface area contributed by atoms with Gasteiger partial charge in [0.25, 0.3) is 0 Å². The summed E-state index contributed by atoms with van der Waals surface area (Å²) in [6.45, 7) is 0. The number of hydrogen-bond donors (Lipinski definition) is 1. The number of ether oxygens (including phenoxy) is 1. The van der Waals surface area contributed by atoms with Crippen LogP contribution in [0.25, 0.3) is 0 Å². The van der Waals surface area contributed by atoms with E-state index in [1.807, 2.05) is 6.07 Å². The summed E-state index contributed by atoms with van der Waals surface area (Å²) in [5.41, 5.74) is 1.17. The van der Waals surface area contributed by atoms with E-state index in [0.29, 0.717) is 21.3 Å². The Labute approximate surface area is 118 Å². The normalized spacial score (nSPS) is 10.6. The molecule has 0 fully saturated rings. The van der Waals surface area contributed by atoms with Crippen LogP contribution in [-0.4, -0.2) is 17.4 Å². The van der Waals surface area contributed by atoms with Gasteiger partial charge >= 0.3 is 5.97 Å². The summed E-state index contributed by atoms with van der Waals surface area (Å²) < 4.78 is 5.92. The first kappa shape index (κ1) is 13.3. The molecule has 0 aliphatic heterocycles. The number of carbonyl (C=O) groups is 1. The molecule has 1 N–H and O–H groups in total. The summed E-state index contributed by atoms with van der Waals surface area (Å²) in [6, 6.07) is 13.7. The van der Waals surface area contributed by atoms with Crippen molar-refractivity contribution in [3.8, 4) is 5.75 Å². The zero-order valence-corrected chi connectivity index (χ0v) is 11.4. The molecule has 4 nitrogen and oxygen atoms in total. The van der Waals surface area contributed by atoms with Gasteiger partial charge in [0, 0.05) is 4.47 Å². The number of benzene rings is 2. The molecule has 2 aromatic carbocycles. The highest BCUT2D eigenvalue weighted by molar-refractivity contribution is 9.10. The third-order valence-electron chi connectivity index (χ3n) is 2.39. The maximum atomic E-state index is 11.9. The Morgan fingerprint density at radius 1 is 1.16 bits per heavy atom. The molecule has 0 aliphatic carbocycles. The molecule has 0 heterocycles. The smallest absolute Gasteiger partial charge is 0.344 e. The van der Waals surface area contributed by atoms with E-state index in [1.165, 1.54) is 6.21 Å². The molecule has 0 unspecified atom stereocenters. The van der Waals surface area contributed by atoms with Crippen molar-refractivity contribution < 1.29 is 14.7 Å². The van der Waals surface area contributed by atoms with E-state index in [1.54, 1.807) is 42.5 Å². The van der Waals surface area contributed by atoms with Gasteiger partial charge in [0.05, 0.1) is 11.8 Å². The lowest BCUT2D eigenvalue weighted by Crippen LogP contribution is -2.09. The number of esters is 1. The predicted molar refractivity (Wildman–Crippen MR) is 74.9 cm³/mol. The Balaban J connectivity index is 2.13. The molecular formula is C14H10BrNO3. The maximum Gasteiger partial charge on any atom is 0.344 e. The van der Waals surface area contributed by atoms with Gasteiger partial charge < -0.3 is 9.94 Å². The van der Waals surface area contributed by atoms with Crippen LogP contribution in [0.4, 0.5) is 0 Å².